The molecule has 0 bridgehead atoms. The van der Waals surface area contributed by atoms with E-state index in [1.54, 1.807) is 19.2 Å². The van der Waals surface area contributed by atoms with Crippen molar-refractivity contribution in [3.05, 3.63) is 60.6 Å². The number of Topliss-reactive ketones (excluding diaryl/α,β-unsaturated/α-hetero) is 1. The average molecular weight is 391 g/mol. The highest BCUT2D eigenvalue weighted by Crippen LogP contribution is 2.38. The summed E-state index contributed by atoms with van der Waals surface area (Å²) in [6, 6.07) is 0.563. The monoisotopic (exact) mass is 390 g/mol. The molecule has 1 atom stereocenters. The van der Waals surface area contributed by atoms with Crippen molar-refractivity contribution in [3.8, 4) is 0 Å². The average Bonchev–Trinajstić information content (AvgIpc) is 2.57. The first kappa shape index (κ1) is 18.7. The predicted molar refractivity (Wildman–Crippen MR) is 97.4 cm³/mol. The molecule has 1 unspecified atom stereocenters. The van der Waals surface area contributed by atoms with E-state index in [9.17, 15) is 24.5 Å². The number of H-pyrrole nitrogens is 1. The van der Waals surface area contributed by atoms with Gasteiger partial charge in [-0.1, -0.05) is 25.4 Å². The smallest absolute Gasteiger partial charge is 0.306 e. The lowest BCUT2D eigenvalue weighted by Gasteiger charge is -2.31. The standard InChI is InChI=1S/C17H15ClN4O5/c1-7(2)11-12(8(3)4-5-19-11)21-15-9(6-10(18)16(24)20-15)14(23)13(17(21)25)22(26)27/h4-7,13H,1-3H3,(H,20,24). The molecule has 1 N–H and O–H groups in total. The first-order chi connectivity index (χ1) is 12.6. The summed E-state index contributed by atoms with van der Waals surface area (Å²) in [5.74, 6) is -2.35. The van der Waals surface area contributed by atoms with Crippen molar-refractivity contribution >= 4 is 34.8 Å². The number of aryl methyl sites for hydroxylation is 1. The van der Waals surface area contributed by atoms with Gasteiger partial charge in [0.05, 0.1) is 16.9 Å². The van der Waals surface area contributed by atoms with Crippen LogP contribution in [0.2, 0.25) is 5.02 Å². The molecule has 1 amide bonds. The number of carbonyl (C=O) groups excluding carboxylic acids is 2. The third-order valence-electron chi connectivity index (χ3n) is 4.30. The number of nitrogens with one attached hydrogen (secondary N) is 1. The number of aromatic nitrogens is 2. The number of pyridine rings is 2. The maximum atomic E-state index is 12.9. The zero-order valence-electron chi connectivity index (χ0n) is 14.6. The molecule has 0 saturated heterocycles. The maximum Gasteiger partial charge on any atom is 0.352 e. The summed E-state index contributed by atoms with van der Waals surface area (Å²) in [5, 5.41) is 11.1. The maximum absolute atomic E-state index is 12.9. The molecule has 0 fully saturated rings. The van der Waals surface area contributed by atoms with E-state index < -0.39 is 28.2 Å². The van der Waals surface area contributed by atoms with Gasteiger partial charge in [-0.25, -0.2) is 0 Å². The Morgan fingerprint density at radius 3 is 2.59 bits per heavy atom. The van der Waals surface area contributed by atoms with Gasteiger partial charge >= 0.3 is 11.9 Å². The van der Waals surface area contributed by atoms with Crippen molar-refractivity contribution in [2.75, 3.05) is 4.90 Å². The van der Waals surface area contributed by atoms with Crippen LogP contribution in [0, 0.1) is 17.0 Å². The van der Waals surface area contributed by atoms with E-state index in [2.05, 4.69) is 9.97 Å². The number of anilines is 2. The van der Waals surface area contributed by atoms with Gasteiger partial charge in [0.1, 0.15) is 10.8 Å². The minimum Gasteiger partial charge on any atom is -0.306 e. The van der Waals surface area contributed by atoms with Gasteiger partial charge in [-0.15, -0.1) is 0 Å². The minimum atomic E-state index is -2.13. The molecule has 0 aromatic carbocycles. The van der Waals surface area contributed by atoms with Crippen LogP contribution in [0.1, 0.15) is 41.4 Å². The highest BCUT2D eigenvalue weighted by atomic mass is 35.5. The number of hydrogen-bond acceptors (Lipinski definition) is 6. The third-order valence-corrected chi connectivity index (χ3v) is 4.58. The molecule has 1 aliphatic heterocycles. The molecule has 0 radical (unpaired) electrons. The van der Waals surface area contributed by atoms with Crippen LogP contribution in [0.3, 0.4) is 0 Å². The number of nitrogens with zero attached hydrogens (tertiary/aromatic N) is 3. The lowest BCUT2D eigenvalue weighted by Crippen LogP contribution is -2.51. The van der Waals surface area contributed by atoms with Crippen LogP contribution >= 0.6 is 11.6 Å². The van der Waals surface area contributed by atoms with Gasteiger partial charge < -0.3 is 4.98 Å². The van der Waals surface area contributed by atoms with Gasteiger partial charge in [0.25, 0.3) is 5.56 Å². The second-order valence-electron chi connectivity index (χ2n) is 6.45. The van der Waals surface area contributed by atoms with Crippen molar-refractivity contribution in [1.82, 2.24) is 9.97 Å². The third kappa shape index (κ3) is 2.89. The fourth-order valence-corrected chi connectivity index (χ4v) is 3.20. The number of carbonyl (C=O) groups is 2. The summed E-state index contributed by atoms with van der Waals surface area (Å²) >= 11 is 5.80. The van der Waals surface area contributed by atoms with E-state index in [0.717, 1.165) is 11.0 Å². The Labute approximate surface area is 158 Å². The molecular weight excluding hydrogens is 376 g/mol. The highest BCUT2D eigenvalue weighted by Gasteiger charge is 2.50. The molecule has 0 saturated carbocycles. The van der Waals surface area contributed by atoms with Gasteiger partial charge in [-0.3, -0.25) is 34.4 Å². The summed E-state index contributed by atoms with van der Waals surface area (Å²) in [5.41, 5.74) is 0.505. The fraction of sp³-hybridized carbons (Fsp3) is 0.294. The van der Waals surface area contributed by atoms with Crippen molar-refractivity contribution in [3.63, 3.8) is 0 Å². The fourth-order valence-electron chi connectivity index (χ4n) is 3.04. The molecular formula is C17H15ClN4O5. The SMILES string of the molecule is Cc1ccnc(C(C)C)c1N1C(=O)C([N+](=O)[O-])C(=O)c2cc(Cl)c(=O)[nH]c21. The number of halogens is 1. The van der Waals surface area contributed by atoms with E-state index in [-0.39, 0.29) is 22.3 Å². The number of nitro groups is 1. The molecule has 3 rings (SSSR count). The molecule has 2 aromatic heterocycles. The van der Waals surface area contributed by atoms with Crippen LogP contribution in [0.15, 0.2) is 23.1 Å². The van der Waals surface area contributed by atoms with Gasteiger partial charge in [0.2, 0.25) is 5.78 Å². The second-order valence-corrected chi connectivity index (χ2v) is 6.86. The zero-order valence-corrected chi connectivity index (χ0v) is 15.4. The zero-order chi connectivity index (χ0) is 20.0. The highest BCUT2D eigenvalue weighted by molar-refractivity contribution is 6.32. The van der Waals surface area contributed by atoms with Crippen LogP contribution in [-0.2, 0) is 4.79 Å². The Bertz CT molecular complexity index is 1050. The van der Waals surface area contributed by atoms with Crippen LogP contribution in [0.4, 0.5) is 11.5 Å². The van der Waals surface area contributed by atoms with Crippen LogP contribution in [0.25, 0.3) is 0 Å². The van der Waals surface area contributed by atoms with E-state index in [4.69, 9.17) is 11.6 Å². The van der Waals surface area contributed by atoms with Crippen molar-refractivity contribution in [2.45, 2.75) is 32.7 Å². The number of fused-ring (bicyclic) bond motifs is 1. The Hall–Kier alpha value is -3.07. The van der Waals surface area contributed by atoms with E-state index >= 15 is 0 Å². The summed E-state index contributed by atoms with van der Waals surface area (Å²) in [4.78, 5) is 55.7. The van der Waals surface area contributed by atoms with Gasteiger partial charge in [0, 0.05) is 11.1 Å². The molecule has 3 heterocycles. The quantitative estimate of drug-likeness (QED) is 0.487. The Kier molecular flexibility index (Phi) is 4.56. The topological polar surface area (TPSA) is 126 Å². The molecule has 0 spiro atoms. The largest absolute Gasteiger partial charge is 0.352 e. The Morgan fingerprint density at radius 2 is 2.00 bits per heavy atom. The summed E-state index contributed by atoms with van der Waals surface area (Å²) in [6.45, 7) is 5.41. The normalized spacial score (nSPS) is 16.6. The molecule has 27 heavy (non-hydrogen) atoms. The first-order valence-corrected chi connectivity index (χ1v) is 8.43. The lowest BCUT2D eigenvalue weighted by atomic mass is 9.96. The van der Waals surface area contributed by atoms with Crippen molar-refractivity contribution < 1.29 is 14.5 Å². The van der Waals surface area contributed by atoms with Crippen LogP contribution < -0.4 is 10.5 Å². The van der Waals surface area contributed by atoms with Gasteiger partial charge in [0.15, 0.2) is 0 Å². The van der Waals surface area contributed by atoms with Crippen molar-refractivity contribution in [2.24, 2.45) is 0 Å². The van der Waals surface area contributed by atoms with E-state index in [1.807, 2.05) is 13.8 Å². The van der Waals surface area contributed by atoms with Crippen molar-refractivity contribution in [1.29, 1.82) is 0 Å². The van der Waals surface area contributed by atoms with E-state index in [1.165, 1.54) is 0 Å². The summed E-state index contributed by atoms with van der Waals surface area (Å²) in [7, 11) is 0. The van der Waals surface area contributed by atoms with Gasteiger partial charge in [-0.2, -0.15) is 0 Å². The van der Waals surface area contributed by atoms with Crippen LogP contribution in [0.5, 0.6) is 0 Å². The number of ketones is 1. The molecule has 0 aliphatic carbocycles. The summed E-state index contributed by atoms with van der Waals surface area (Å²) in [6.07, 6.45) is 1.56. The molecule has 140 valence electrons. The van der Waals surface area contributed by atoms with E-state index in [0.29, 0.717) is 16.9 Å². The minimum absolute atomic E-state index is 0.123. The number of amides is 1. The number of rotatable bonds is 3. The Balaban J connectivity index is 2.40. The molecule has 1 aliphatic rings. The Morgan fingerprint density at radius 1 is 1.33 bits per heavy atom. The summed E-state index contributed by atoms with van der Waals surface area (Å²) < 4.78 is 0. The molecule has 9 nitrogen and oxygen atoms in total. The predicted octanol–water partition coefficient (Wildman–Crippen LogP) is 2.36. The first-order valence-electron chi connectivity index (χ1n) is 8.05. The number of aromatic amines is 1. The van der Waals surface area contributed by atoms with Gasteiger partial charge in [-0.05, 0) is 30.5 Å². The number of hydrogen-bond donors (Lipinski definition) is 1. The second kappa shape index (κ2) is 6.58. The molecule has 10 heteroatoms. The van der Waals surface area contributed by atoms with Crippen LogP contribution in [-0.4, -0.2) is 32.6 Å². The lowest BCUT2D eigenvalue weighted by molar-refractivity contribution is -0.491. The molecule has 2 aromatic rings.